The van der Waals surface area contributed by atoms with E-state index in [1.54, 1.807) is 12.0 Å². The molecular weight excluding hydrogens is 380 g/mol. The number of aryl methyl sites for hydroxylation is 2. The number of nitrogens with one attached hydrogen (secondary N) is 1. The molecule has 0 aliphatic rings. The second-order valence-electron chi connectivity index (χ2n) is 7.30. The van der Waals surface area contributed by atoms with Gasteiger partial charge in [0.05, 0.1) is 7.11 Å². The third-order valence-corrected chi connectivity index (χ3v) is 4.81. The Hall–Kier alpha value is -3.02. The van der Waals surface area contributed by atoms with E-state index in [2.05, 4.69) is 5.32 Å². The second kappa shape index (κ2) is 11.2. The van der Waals surface area contributed by atoms with Gasteiger partial charge in [-0.2, -0.15) is 0 Å². The maximum Gasteiger partial charge on any atom is 0.261 e. The first kappa shape index (κ1) is 23.3. The third-order valence-electron chi connectivity index (χ3n) is 4.81. The number of ether oxygens (including phenoxy) is 2. The Kier molecular flexibility index (Phi) is 8.71. The zero-order valence-electron chi connectivity index (χ0n) is 18.5. The molecule has 0 aromatic heterocycles. The maximum atomic E-state index is 13.1. The maximum absolute atomic E-state index is 13.1. The van der Waals surface area contributed by atoms with Crippen LogP contribution in [-0.4, -0.2) is 43.0 Å². The molecule has 1 N–H and O–H groups in total. The molecule has 6 heteroatoms. The number of hydrogen-bond donors (Lipinski definition) is 1. The Morgan fingerprint density at radius 3 is 2.17 bits per heavy atom. The van der Waals surface area contributed by atoms with Gasteiger partial charge in [-0.1, -0.05) is 25.1 Å². The van der Waals surface area contributed by atoms with Crippen LogP contribution in [0, 0.1) is 13.8 Å². The van der Waals surface area contributed by atoms with Gasteiger partial charge in [0.15, 0.2) is 6.61 Å². The topological polar surface area (TPSA) is 67.9 Å². The van der Waals surface area contributed by atoms with Gasteiger partial charge in [0, 0.05) is 13.1 Å². The van der Waals surface area contributed by atoms with Crippen LogP contribution in [0.4, 0.5) is 0 Å². The lowest BCUT2D eigenvalue weighted by Crippen LogP contribution is -2.50. The van der Waals surface area contributed by atoms with Crippen LogP contribution >= 0.6 is 0 Å². The zero-order chi connectivity index (χ0) is 22.1. The van der Waals surface area contributed by atoms with E-state index < -0.39 is 6.04 Å². The van der Waals surface area contributed by atoms with Crippen LogP contribution in [-0.2, 0) is 16.1 Å². The molecule has 0 saturated heterocycles. The van der Waals surface area contributed by atoms with Crippen LogP contribution in [0.1, 0.15) is 37.0 Å². The van der Waals surface area contributed by atoms with Crippen molar-refractivity contribution in [2.24, 2.45) is 0 Å². The number of methoxy groups -OCH3 is 1. The summed E-state index contributed by atoms with van der Waals surface area (Å²) >= 11 is 0. The highest BCUT2D eigenvalue weighted by molar-refractivity contribution is 5.88. The predicted molar refractivity (Wildman–Crippen MR) is 118 cm³/mol. The Morgan fingerprint density at radius 1 is 1.00 bits per heavy atom. The van der Waals surface area contributed by atoms with Crippen molar-refractivity contribution in [2.75, 3.05) is 20.3 Å². The van der Waals surface area contributed by atoms with E-state index in [1.165, 1.54) is 0 Å². The summed E-state index contributed by atoms with van der Waals surface area (Å²) in [6.07, 6.45) is 0.511. The molecule has 2 aromatic rings. The van der Waals surface area contributed by atoms with E-state index in [0.29, 0.717) is 25.3 Å². The Labute approximate surface area is 179 Å². The normalized spacial score (nSPS) is 11.5. The first-order valence-corrected chi connectivity index (χ1v) is 10.3. The predicted octanol–water partition coefficient (Wildman–Crippen LogP) is 3.63. The van der Waals surface area contributed by atoms with Crippen molar-refractivity contribution in [1.29, 1.82) is 0 Å². The lowest BCUT2D eigenvalue weighted by molar-refractivity contribution is -0.142. The van der Waals surface area contributed by atoms with Crippen LogP contribution in [0.2, 0.25) is 0 Å². The first-order valence-electron chi connectivity index (χ1n) is 10.3. The standard InChI is InChI=1S/C24H32N2O4/c1-6-22(24(28)25-7-2)26(15-19-8-10-20(29-5)11-9-19)23(27)16-30-21-13-17(3)12-18(4)14-21/h8-14,22H,6-7,15-16H2,1-5H3,(H,25,28)/t22-/m1/s1. The highest BCUT2D eigenvalue weighted by Gasteiger charge is 2.28. The number of carbonyl (C=O) groups excluding carboxylic acids is 2. The summed E-state index contributed by atoms with van der Waals surface area (Å²) in [5.74, 6) is 0.998. The minimum absolute atomic E-state index is 0.130. The molecule has 0 fully saturated rings. The van der Waals surface area contributed by atoms with Crippen LogP contribution in [0.5, 0.6) is 11.5 Å². The molecule has 0 spiro atoms. The Balaban J connectivity index is 2.21. The number of rotatable bonds is 10. The van der Waals surface area contributed by atoms with Gasteiger partial charge in [-0.25, -0.2) is 0 Å². The summed E-state index contributed by atoms with van der Waals surface area (Å²) < 4.78 is 11.0. The molecule has 30 heavy (non-hydrogen) atoms. The van der Waals surface area contributed by atoms with Crippen LogP contribution in [0.15, 0.2) is 42.5 Å². The molecule has 2 aromatic carbocycles. The number of amides is 2. The SMILES string of the molecule is CCNC(=O)[C@@H](CC)N(Cc1ccc(OC)cc1)C(=O)COc1cc(C)cc(C)c1. The van der Waals surface area contributed by atoms with E-state index >= 15 is 0 Å². The summed E-state index contributed by atoms with van der Waals surface area (Å²) in [5, 5.41) is 2.83. The minimum Gasteiger partial charge on any atom is -0.497 e. The monoisotopic (exact) mass is 412 g/mol. The molecule has 0 aliphatic heterocycles. The van der Waals surface area contributed by atoms with Crippen molar-refractivity contribution in [3.63, 3.8) is 0 Å². The molecule has 0 saturated carbocycles. The van der Waals surface area contributed by atoms with Gasteiger partial charge in [0.25, 0.3) is 5.91 Å². The highest BCUT2D eigenvalue weighted by Crippen LogP contribution is 2.19. The quantitative estimate of drug-likeness (QED) is 0.647. The second-order valence-corrected chi connectivity index (χ2v) is 7.30. The number of carbonyl (C=O) groups is 2. The van der Waals surface area contributed by atoms with Crippen molar-refractivity contribution in [1.82, 2.24) is 10.2 Å². The fourth-order valence-electron chi connectivity index (χ4n) is 3.38. The zero-order valence-corrected chi connectivity index (χ0v) is 18.5. The van der Waals surface area contributed by atoms with Crippen LogP contribution < -0.4 is 14.8 Å². The lowest BCUT2D eigenvalue weighted by atomic mass is 10.1. The lowest BCUT2D eigenvalue weighted by Gasteiger charge is -2.30. The summed E-state index contributed by atoms with van der Waals surface area (Å²) in [6.45, 7) is 8.44. The number of benzene rings is 2. The van der Waals surface area contributed by atoms with Gasteiger partial charge in [-0.05, 0) is 68.1 Å². The average molecular weight is 413 g/mol. The molecule has 162 valence electrons. The van der Waals surface area contributed by atoms with E-state index in [4.69, 9.17) is 9.47 Å². The molecule has 6 nitrogen and oxygen atoms in total. The first-order chi connectivity index (χ1) is 14.4. The van der Waals surface area contributed by atoms with Crippen LogP contribution in [0.25, 0.3) is 0 Å². The average Bonchev–Trinajstić information content (AvgIpc) is 2.72. The van der Waals surface area contributed by atoms with Crippen molar-refractivity contribution in [3.05, 3.63) is 59.2 Å². The highest BCUT2D eigenvalue weighted by atomic mass is 16.5. The van der Waals surface area contributed by atoms with Gasteiger partial charge >= 0.3 is 0 Å². The summed E-state index contributed by atoms with van der Waals surface area (Å²) in [6, 6.07) is 12.8. The van der Waals surface area contributed by atoms with Gasteiger partial charge in [0.2, 0.25) is 5.91 Å². The molecule has 2 amide bonds. The number of hydrogen-bond acceptors (Lipinski definition) is 4. The number of likely N-dealkylation sites (N-methyl/N-ethyl adjacent to an activating group) is 1. The van der Waals surface area contributed by atoms with Gasteiger partial charge in [0.1, 0.15) is 17.5 Å². The minimum atomic E-state index is -0.567. The smallest absolute Gasteiger partial charge is 0.261 e. The Morgan fingerprint density at radius 2 is 1.63 bits per heavy atom. The van der Waals surface area contributed by atoms with E-state index in [-0.39, 0.29) is 18.4 Å². The summed E-state index contributed by atoms with van der Waals surface area (Å²) in [4.78, 5) is 27.3. The van der Waals surface area contributed by atoms with E-state index in [9.17, 15) is 9.59 Å². The van der Waals surface area contributed by atoms with Crippen molar-refractivity contribution in [2.45, 2.75) is 46.7 Å². The molecule has 2 rings (SSSR count). The summed E-state index contributed by atoms with van der Waals surface area (Å²) in [7, 11) is 1.61. The molecular formula is C24H32N2O4. The van der Waals surface area contributed by atoms with E-state index in [1.807, 2.05) is 70.2 Å². The fraction of sp³-hybridized carbons (Fsp3) is 0.417. The summed E-state index contributed by atoms with van der Waals surface area (Å²) in [5.41, 5.74) is 3.06. The van der Waals surface area contributed by atoms with Crippen molar-refractivity contribution < 1.29 is 19.1 Å². The number of nitrogens with zero attached hydrogens (tertiary/aromatic N) is 1. The van der Waals surface area contributed by atoms with Gasteiger partial charge < -0.3 is 19.7 Å². The fourth-order valence-corrected chi connectivity index (χ4v) is 3.38. The molecule has 1 atom stereocenters. The third kappa shape index (κ3) is 6.51. The van der Waals surface area contributed by atoms with Gasteiger partial charge in [-0.3, -0.25) is 9.59 Å². The molecule has 0 heterocycles. The molecule has 0 bridgehead atoms. The Bertz CT molecular complexity index is 829. The molecule has 0 unspecified atom stereocenters. The van der Waals surface area contributed by atoms with Gasteiger partial charge in [-0.15, -0.1) is 0 Å². The van der Waals surface area contributed by atoms with Crippen LogP contribution in [0.3, 0.4) is 0 Å². The van der Waals surface area contributed by atoms with Crippen molar-refractivity contribution >= 4 is 11.8 Å². The molecule has 0 aliphatic carbocycles. The van der Waals surface area contributed by atoms with Crippen molar-refractivity contribution in [3.8, 4) is 11.5 Å². The molecule has 0 radical (unpaired) electrons. The van der Waals surface area contributed by atoms with E-state index in [0.717, 1.165) is 22.4 Å². The largest absolute Gasteiger partial charge is 0.497 e.